The van der Waals surface area contributed by atoms with Crippen molar-refractivity contribution in [1.82, 2.24) is 4.90 Å². The van der Waals surface area contributed by atoms with Crippen molar-refractivity contribution < 1.29 is 18.3 Å². The number of carboxylic acid groups (broad SMARTS) is 1. The molecular weight excluding hydrogens is 304 g/mol. The number of hydrogen-bond acceptors (Lipinski definition) is 4. The summed E-state index contributed by atoms with van der Waals surface area (Å²) in [5, 5.41) is 14.3. The second-order valence-corrected chi connectivity index (χ2v) is 6.77. The zero-order chi connectivity index (χ0) is 16.8. The number of aromatic carboxylic acids is 1. The van der Waals surface area contributed by atoms with Crippen LogP contribution >= 0.6 is 0 Å². The van der Waals surface area contributed by atoms with Gasteiger partial charge in [0.25, 0.3) is 0 Å². The second kappa shape index (κ2) is 8.26. The summed E-state index contributed by atoms with van der Waals surface area (Å²) in [4.78, 5) is 13.4. The fourth-order valence-electron chi connectivity index (χ4n) is 2.25. The van der Waals surface area contributed by atoms with Gasteiger partial charge in [-0.25, -0.2) is 18.4 Å². The molecule has 1 rings (SSSR count). The molecule has 6 nitrogen and oxygen atoms in total. The number of carbonyl (C=O) groups is 1. The second-order valence-electron chi connectivity index (χ2n) is 5.21. The Morgan fingerprint density at radius 3 is 2.45 bits per heavy atom. The van der Waals surface area contributed by atoms with Gasteiger partial charge in [-0.15, -0.1) is 0 Å². The average molecular weight is 328 g/mol. The lowest BCUT2D eigenvalue weighted by molar-refractivity contribution is 0.0695. The molecule has 0 spiro atoms. The van der Waals surface area contributed by atoms with E-state index in [1.165, 1.54) is 18.2 Å². The number of hydrogen-bond donors (Lipinski definition) is 2. The van der Waals surface area contributed by atoms with E-state index in [4.69, 9.17) is 5.14 Å². The first kappa shape index (κ1) is 18.6. The molecule has 0 fully saturated rings. The lowest BCUT2D eigenvalue weighted by Gasteiger charge is -2.20. The number of likely N-dealkylation sites (N-methyl/N-ethyl adjacent to an activating group) is 1. The van der Waals surface area contributed by atoms with Gasteiger partial charge in [-0.05, 0) is 49.7 Å². The van der Waals surface area contributed by atoms with Crippen LogP contribution in [0.4, 0.5) is 0 Å². The van der Waals surface area contributed by atoms with E-state index in [1.807, 2.05) is 0 Å². The number of rotatable bonds is 9. The van der Waals surface area contributed by atoms with Crippen LogP contribution in [-0.2, 0) is 16.4 Å². The number of nitrogens with two attached hydrogens (primary N) is 1. The maximum atomic E-state index is 11.4. The third-order valence-electron chi connectivity index (χ3n) is 3.61. The third-order valence-corrected chi connectivity index (χ3v) is 4.52. The molecule has 0 aliphatic heterocycles. The van der Waals surface area contributed by atoms with Crippen LogP contribution in [0.5, 0.6) is 0 Å². The van der Waals surface area contributed by atoms with Gasteiger partial charge in [-0.3, -0.25) is 0 Å². The fourth-order valence-corrected chi connectivity index (χ4v) is 2.82. The lowest BCUT2D eigenvalue weighted by Crippen LogP contribution is -2.27. The summed E-state index contributed by atoms with van der Waals surface area (Å²) in [5.74, 6) is -1.06. The van der Waals surface area contributed by atoms with Gasteiger partial charge in [0.15, 0.2) is 0 Å². The number of benzene rings is 1. The highest BCUT2D eigenvalue weighted by Crippen LogP contribution is 2.16. The van der Waals surface area contributed by atoms with Gasteiger partial charge >= 0.3 is 5.97 Å². The van der Waals surface area contributed by atoms with Crippen molar-refractivity contribution in [3.8, 4) is 0 Å². The molecule has 7 heteroatoms. The van der Waals surface area contributed by atoms with E-state index in [1.54, 1.807) is 0 Å². The molecule has 1 aromatic carbocycles. The lowest BCUT2D eigenvalue weighted by atomic mass is 10.0. The largest absolute Gasteiger partial charge is 0.478 e. The van der Waals surface area contributed by atoms with Gasteiger partial charge in [-0.2, -0.15) is 0 Å². The van der Waals surface area contributed by atoms with Gasteiger partial charge in [0.1, 0.15) is 0 Å². The molecule has 0 bridgehead atoms. The van der Waals surface area contributed by atoms with Crippen LogP contribution in [0, 0.1) is 0 Å². The molecular formula is C15H24N2O4S. The Kier molecular flexibility index (Phi) is 6.99. The minimum Gasteiger partial charge on any atom is -0.478 e. The molecule has 0 radical (unpaired) electrons. The van der Waals surface area contributed by atoms with Gasteiger partial charge in [-0.1, -0.05) is 20.3 Å². The van der Waals surface area contributed by atoms with E-state index < -0.39 is 16.0 Å². The summed E-state index contributed by atoms with van der Waals surface area (Å²) in [6.07, 6.45) is 2.65. The first-order chi connectivity index (χ1) is 10.3. The molecule has 22 heavy (non-hydrogen) atoms. The van der Waals surface area contributed by atoms with Gasteiger partial charge in [0, 0.05) is 6.54 Å². The molecule has 0 aliphatic rings. The predicted octanol–water partition coefficient (Wildman–Crippen LogP) is 1.70. The van der Waals surface area contributed by atoms with Crippen molar-refractivity contribution in [1.29, 1.82) is 0 Å². The minimum atomic E-state index is -3.83. The Morgan fingerprint density at radius 1 is 1.27 bits per heavy atom. The summed E-state index contributed by atoms with van der Waals surface area (Å²) >= 11 is 0. The van der Waals surface area contributed by atoms with Crippen molar-refractivity contribution in [3.63, 3.8) is 0 Å². The van der Waals surface area contributed by atoms with Crippen molar-refractivity contribution in [2.24, 2.45) is 5.14 Å². The SMILES string of the molecule is CCCCN(CC)CCc1cc(S(N)(=O)=O)ccc1C(=O)O. The average Bonchev–Trinajstić information content (AvgIpc) is 2.46. The Morgan fingerprint density at radius 2 is 1.95 bits per heavy atom. The van der Waals surface area contributed by atoms with E-state index in [0.29, 0.717) is 18.5 Å². The number of unbranched alkanes of at least 4 members (excludes halogenated alkanes) is 1. The topological polar surface area (TPSA) is 101 Å². The van der Waals surface area contributed by atoms with E-state index in [-0.39, 0.29) is 10.5 Å². The summed E-state index contributed by atoms with van der Waals surface area (Å²) in [7, 11) is -3.83. The van der Waals surface area contributed by atoms with Crippen LogP contribution in [-0.4, -0.2) is 44.0 Å². The van der Waals surface area contributed by atoms with Crippen LogP contribution in [0.25, 0.3) is 0 Å². The normalized spacial score (nSPS) is 11.8. The number of nitrogens with zero attached hydrogens (tertiary/aromatic N) is 1. The maximum absolute atomic E-state index is 11.4. The Balaban J connectivity index is 2.97. The number of sulfonamides is 1. The molecule has 0 atom stereocenters. The molecule has 0 unspecified atom stereocenters. The molecule has 0 amide bonds. The van der Waals surface area contributed by atoms with E-state index >= 15 is 0 Å². The molecule has 1 aromatic rings. The Hall–Kier alpha value is -1.44. The van der Waals surface area contributed by atoms with Crippen molar-refractivity contribution in [2.75, 3.05) is 19.6 Å². The zero-order valence-corrected chi connectivity index (χ0v) is 13.9. The minimum absolute atomic E-state index is 0.0518. The third kappa shape index (κ3) is 5.40. The maximum Gasteiger partial charge on any atom is 0.335 e. The monoisotopic (exact) mass is 328 g/mol. The summed E-state index contributed by atoms with van der Waals surface area (Å²) in [5.41, 5.74) is 0.618. The number of primary sulfonamides is 1. The van der Waals surface area contributed by atoms with Crippen LogP contribution in [0.1, 0.15) is 42.6 Å². The van der Waals surface area contributed by atoms with Crippen molar-refractivity contribution >= 4 is 16.0 Å². The van der Waals surface area contributed by atoms with Gasteiger partial charge in [0.2, 0.25) is 10.0 Å². The summed E-state index contributed by atoms with van der Waals surface area (Å²) in [6, 6.07) is 3.91. The predicted molar refractivity (Wildman–Crippen MR) is 85.5 cm³/mol. The quantitative estimate of drug-likeness (QED) is 0.718. The Bertz CT molecular complexity index is 614. The summed E-state index contributed by atoms with van der Waals surface area (Å²) in [6.45, 7) is 6.67. The van der Waals surface area contributed by atoms with E-state index in [0.717, 1.165) is 25.9 Å². The van der Waals surface area contributed by atoms with Crippen LogP contribution in [0.3, 0.4) is 0 Å². The molecule has 0 heterocycles. The molecule has 0 aromatic heterocycles. The van der Waals surface area contributed by atoms with Crippen LogP contribution < -0.4 is 5.14 Å². The standard InChI is InChI=1S/C15H24N2O4S/c1-3-5-9-17(4-2)10-8-12-11-13(22(16,20)21)6-7-14(12)15(18)19/h6-7,11H,3-5,8-10H2,1-2H3,(H,18,19)(H2,16,20,21). The van der Waals surface area contributed by atoms with E-state index in [2.05, 4.69) is 18.7 Å². The van der Waals surface area contributed by atoms with E-state index in [9.17, 15) is 18.3 Å². The smallest absolute Gasteiger partial charge is 0.335 e. The highest BCUT2D eigenvalue weighted by atomic mass is 32.2. The Labute approximate surface area is 132 Å². The molecule has 124 valence electrons. The molecule has 0 aliphatic carbocycles. The van der Waals surface area contributed by atoms with Crippen LogP contribution in [0.2, 0.25) is 0 Å². The zero-order valence-electron chi connectivity index (χ0n) is 13.1. The highest BCUT2D eigenvalue weighted by molar-refractivity contribution is 7.89. The van der Waals surface area contributed by atoms with Gasteiger partial charge in [0.05, 0.1) is 10.5 Å². The molecule has 0 saturated heterocycles. The number of carboxylic acids is 1. The van der Waals surface area contributed by atoms with Crippen LogP contribution in [0.15, 0.2) is 23.1 Å². The summed E-state index contributed by atoms with van der Waals surface area (Å²) < 4.78 is 22.8. The molecule has 0 saturated carbocycles. The van der Waals surface area contributed by atoms with Crippen molar-refractivity contribution in [2.45, 2.75) is 38.0 Å². The highest BCUT2D eigenvalue weighted by Gasteiger charge is 2.16. The molecule has 3 N–H and O–H groups in total. The fraction of sp³-hybridized carbons (Fsp3) is 0.533. The van der Waals surface area contributed by atoms with Crippen molar-refractivity contribution in [3.05, 3.63) is 29.3 Å². The first-order valence-corrected chi connectivity index (χ1v) is 8.95. The van der Waals surface area contributed by atoms with Gasteiger partial charge < -0.3 is 10.0 Å². The first-order valence-electron chi connectivity index (χ1n) is 7.41.